The highest BCUT2D eigenvalue weighted by molar-refractivity contribution is 6.02. The van der Waals surface area contributed by atoms with Crippen molar-refractivity contribution in [2.75, 3.05) is 24.3 Å². The first kappa shape index (κ1) is 24.3. The number of furan rings is 1. The lowest BCUT2D eigenvalue weighted by Crippen LogP contribution is -2.52. The number of nitrogens with one attached hydrogen (secondary N) is 2. The molecule has 0 saturated carbocycles. The van der Waals surface area contributed by atoms with Crippen LogP contribution in [0.25, 0.3) is 0 Å². The number of hydrogen-bond acceptors (Lipinski definition) is 4. The Labute approximate surface area is 185 Å². The lowest BCUT2D eigenvalue weighted by Gasteiger charge is -2.35. The van der Waals surface area contributed by atoms with E-state index in [1.54, 1.807) is 12.1 Å². The fraction of sp³-hybridized carbons (Fsp3) is 0.500. The molecule has 0 radical (unpaired) electrons. The lowest BCUT2D eigenvalue weighted by atomic mass is 10.0. The van der Waals surface area contributed by atoms with Gasteiger partial charge in [0.15, 0.2) is 5.76 Å². The highest BCUT2D eigenvalue weighted by Crippen LogP contribution is 2.27. The fourth-order valence-corrected chi connectivity index (χ4v) is 3.16. The molecule has 1 atom stereocenters. The van der Waals surface area contributed by atoms with Crippen molar-refractivity contribution in [2.24, 2.45) is 5.92 Å². The molecule has 1 aromatic carbocycles. The van der Waals surface area contributed by atoms with Gasteiger partial charge in [-0.25, -0.2) is 4.79 Å². The summed E-state index contributed by atoms with van der Waals surface area (Å²) in [6, 6.07) is 8.93. The summed E-state index contributed by atoms with van der Waals surface area (Å²) in [6.07, 6.45) is 1.47. The summed E-state index contributed by atoms with van der Waals surface area (Å²) in [5.74, 6) is 0.222. The number of benzene rings is 1. The van der Waals surface area contributed by atoms with Crippen LogP contribution in [-0.4, -0.2) is 42.5 Å². The van der Waals surface area contributed by atoms with Gasteiger partial charge < -0.3 is 24.9 Å². The van der Waals surface area contributed by atoms with Crippen molar-refractivity contribution in [3.05, 3.63) is 47.9 Å². The number of nitrogens with zero attached hydrogens (tertiary/aromatic N) is 2. The van der Waals surface area contributed by atoms with Crippen LogP contribution in [0.15, 0.2) is 41.0 Å². The Bertz CT molecular complexity index is 883. The zero-order valence-electron chi connectivity index (χ0n) is 19.9. The summed E-state index contributed by atoms with van der Waals surface area (Å²) in [6.45, 7) is 12.6. The van der Waals surface area contributed by atoms with Crippen molar-refractivity contribution >= 4 is 23.3 Å². The normalized spacial score (nSPS) is 12.4. The van der Waals surface area contributed by atoms with Crippen LogP contribution < -0.4 is 15.5 Å². The van der Waals surface area contributed by atoms with Crippen molar-refractivity contribution in [1.82, 2.24) is 10.2 Å². The van der Waals surface area contributed by atoms with Gasteiger partial charge in [-0.1, -0.05) is 13.8 Å². The van der Waals surface area contributed by atoms with E-state index in [1.807, 2.05) is 62.9 Å². The SMILES string of the molecule is CC(C)C(C)N(Cc1cc(NC(=O)c2ccco2)ccc1N(C)C)C(=O)NC(C)(C)C. The molecule has 0 spiro atoms. The Morgan fingerprint density at radius 1 is 1.10 bits per heavy atom. The number of urea groups is 1. The molecule has 7 heteroatoms. The molecule has 1 heterocycles. The predicted octanol–water partition coefficient (Wildman–Crippen LogP) is 4.95. The average Bonchev–Trinajstić information content (AvgIpc) is 3.18. The number of amides is 3. The van der Waals surface area contributed by atoms with Crippen LogP contribution in [0.1, 0.15) is 57.7 Å². The first-order valence-electron chi connectivity index (χ1n) is 10.6. The van der Waals surface area contributed by atoms with Crippen LogP contribution in [0.4, 0.5) is 16.2 Å². The van der Waals surface area contributed by atoms with Gasteiger partial charge in [0.05, 0.1) is 6.26 Å². The molecule has 0 aliphatic carbocycles. The van der Waals surface area contributed by atoms with E-state index in [-0.39, 0.29) is 35.2 Å². The van der Waals surface area contributed by atoms with Gasteiger partial charge in [-0.15, -0.1) is 0 Å². The maximum Gasteiger partial charge on any atom is 0.318 e. The van der Waals surface area contributed by atoms with Gasteiger partial charge >= 0.3 is 6.03 Å². The number of carbonyl (C=O) groups excluding carboxylic acids is 2. The van der Waals surface area contributed by atoms with Crippen LogP contribution in [0.2, 0.25) is 0 Å². The van der Waals surface area contributed by atoms with E-state index in [0.717, 1.165) is 11.3 Å². The molecule has 0 aliphatic rings. The summed E-state index contributed by atoms with van der Waals surface area (Å²) in [5, 5.41) is 5.95. The summed E-state index contributed by atoms with van der Waals surface area (Å²) >= 11 is 0. The molecule has 31 heavy (non-hydrogen) atoms. The van der Waals surface area contributed by atoms with E-state index in [0.29, 0.717) is 12.2 Å². The van der Waals surface area contributed by atoms with Crippen molar-refractivity contribution < 1.29 is 14.0 Å². The van der Waals surface area contributed by atoms with E-state index >= 15 is 0 Å². The minimum absolute atomic E-state index is 0.0266. The fourth-order valence-electron chi connectivity index (χ4n) is 3.16. The summed E-state index contributed by atoms with van der Waals surface area (Å²) in [5.41, 5.74) is 2.24. The molecule has 1 unspecified atom stereocenters. The van der Waals surface area contributed by atoms with Crippen LogP contribution in [0, 0.1) is 5.92 Å². The first-order chi connectivity index (χ1) is 14.4. The predicted molar refractivity (Wildman–Crippen MR) is 126 cm³/mol. The average molecular weight is 429 g/mol. The van der Waals surface area contributed by atoms with E-state index in [9.17, 15) is 9.59 Å². The third kappa shape index (κ3) is 6.77. The zero-order valence-corrected chi connectivity index (χ0v) is 19.9. The molecule has 2 aromatic rings. The van der Waals surface area contributed by atoms with Crippen molar-refractivity contribution in [3.8, 4) is 0 Å². The van der Waals surface area contributed by atoms with Gasteiger partial charge in [0, 0.05) is 43.6 Å². The van der Waals surface area contributed by atoms with Crippen molar-refractivity contribution in [2.45, 2.75) is 59.7 Å². The highest BCUT2D eigenvalue weighted by Gasteiger charge is 2.27. The largest absolute Gasteiger partial charge is 0.459 e. The molecule has 0 saturated heterocycles. The van der Waals surface area contributed by atoms with Gasteiger partial charge in [0.2, 0.25) is 0 Å². The second kappa shape index (κ2) is 9.90. The third-order valence-corrected chi connectivity index (χ3v) is 5.10. The monoisotopic (exact) mass is 428 g/mol. The smallest absolute Gasteiger partial charge is 0.318 e. The highest BCUT2D eigenvalue weighted by atomic mass is 16.3. The quantitative estimate of drug-likeness (QED) is 0.654. The summed E-state index contributed by atoms with van der Waals surface area (Å²) < 4.78 is 5.18. The lowest BCUT2D eigenvalue weighted by molar-refractivity contribution is 0.0996. The Morgan fingerprint density at radius 3 is 2.29 bits per heavy atom. The first-order valence-corrected chi connectivity index (χ1v) is 10.6. The van der Waals surface area contributed by atoms with Crippen molar-refractivity contribution in [3.63, 3.8) is 0 Å². The molecule has 0 bridgehead atoms. The Morgan fingerprint density at radius 2 is 1.77 bits per heavy atom. The van der Waals surface area contributed by atoms with Crippen LogP contribution >= 0.6 is 0 Å². The van der Waals surface area contributed by atoms with Gasteiger partial charge in [0.25, 0.3) is 5.91 Å². The molecule has 0 fully saturated rings. The number of hydrogen-bond donors (Lipinski definition) is 2. The Kier molecular flexibility index (Phi) is 7.76. The molecule has 170 valence electrons. The van der Waals surface area contributed by atoms with Crippen molar-refractivity contribution in [1.29, 1.82) is 0 Å². The van der Waals surface area contributed by atoms with E-state index in [2.05, 4.69) is 31.4 Å². The maximum atomic E-state index is 13.1. The van der Waals surface area contributed by atoms with Crippen LogP contribution in [-0.2, 0) is 6.54 Å². The van der Waals surface area contributed by atoms with Crippen LogP contribution in [0.3, 0.4) is 0 Å². The minimum Gasteiger partial charge on any atom is -0.459 e. The zero-order chi connectivity index (χ0) is 23.3. The molecule has 2 rings (SSSR count). The standard InChI is InChI=1S/C24H36N4O3/c1-16(2)17(3)28(23(30)26-24(4,5)6)15-18-14-19(11-12-20(18)27(7)8)25-22(29)21-10-9-13-31-21/h9-14,16-17H,15H2,1-8H3,(H,25,29)(H,26,30). The molecule has 3 amide bonds. The van der Waals surface area contributed by atoms with Gasteiger partial charge in [-0.05, 0) is 69.5 Å². The van der Waals surface area contributed by atoms with Gasteiger partial charge in [0.1, 0.15) is 0 Å². The maximum absolute atomic E-state index is 13.1. The summed E-state index contributed by atoms with van der Waals surface area (Å²) in [4.78, 5) is 29.4. The molecule has 1 aromatic heterocycles. The number of carbonyl (C=O) groups is 2. The molecule has 2 N–H and O–H groups in total. The molecular formula is C24H36N4O3. The molecule has 0 aliphatic heterocycles. The molecular weight excluding hydrogens is 392 g/mol. The summed E-state index contributed by atoms with van der Waals surface area (Å²) in [7, 11) is 3.93. The topological polar surface area (TPSA) is 77.8 Å². The van der Waals surface area contributed by atoms with Gasteiger partial charge in [-0.2, -0.15) is 0 Å². The Balaban J connectivity index is 2.36. The van der Waals surface area contributed by atoms with E-state index in [1.165, 1.54) is 6.26 Å². The van der Waals surface area contributed by atoms with E-state index in [4.69, 9.17) is 4.42 Å². The second-order valence-corrected chi connectivity index (χ2v) is 9.46. The second-order valence-electron chi connectivity index (χ2n) is 9.46. The van der Waals surface area contributed by atoms with Gasteiger partial charge in [-0.3, -0.25) is 4.79 Å². The number of rotatable bonds is 7. The Hall–Kier alpha value is -2.96. The minimum atomic E-state index is -0.338. The molecule has 7 nitrogen and oxygen atoms in total. The van der Waals surface area contributed by atoms with E-state index < -0.39 is 0 Å². The van der Waals surface area contributed by atoms with Crippen LogP contribution in [0.5, 0.6) is 0 Å². The third-order valence-electron chi connectivity index (χ3n) is 5.10. The number of anilines is 2.